The van der Waals surface area contributed by atoms with Crippen molar-refractivity contribution < 1.29 is 14.3 Å². The summed E-state index contributed by atoms with van der Waals surface area (Å²) >= 11 is 0. The lowest BCUT2D eigenvalue weighted by molar-refractivity contribution is -0.140. The van der Waals surface area contributed by atoms with Crippen LogP contribution in [0.25, 0.3) is 11.0 Å². The molecule has 1 amide bonds. The molecule has 2 rings (SSSR count). The minimum atomic E-state index is -0.193. The topological polar surface area (TPSA) is 81.2 Å². The zero-order chi connectivity index (χ0) is 17.5. The number of carbonyl (C=O) groups is 2. The first-order valence-electron chi connectivity index (χ1n) is 8.11. The highest BCUT2D eigenvalue weighted by atomic mass is 16.5. The van der Waals surface area contributed by atoms with Crippen LogP contribution in [-0.4, -0.2) is 35.5 Å². The second-order valence-electron chi connectivity index (χ2n) is 5.74. The van der Waals surface area contributed by atoms with E-state index in [-0.39, 0.29) is 11.9 Å². The molecule has 1 heterocycles. The molecule has 0 unspecified atom stereocenters. The van der Waals surface area contributed by atoms with Gasteiger partial charge in [0.05, 0.1) is 29.5 Å². The third-order valence-electron chi connectivity index (χ3n) is 3.91. The molecule has 2 aromatic rings. The van der Waals surface area contributed by atoms with Crippen molar-refractivity contribution in [3.8, 4) is 0 Å². The van der Waals surface area contributed by atoms with E-state index in [0.29, 0.717) is 18.5 Å². The number of nitrogens with one attached hydrogen (secondary N) is 1. The Kier molecular flexibility index (Phi) is 6.23. The predicted octanol–water partition coefficient (Wildman–Crippen LogP) is 2.71. The van der Waals surface area contributed by atoms with Gasteiger partial charge in [0.15, 0.2) is 0 Å². The van der Waals surface area contributed by atoms with E-state index in [1.165, 1.54) is 7.11 Å². The van der Waals surface area contributed by atoms with Gasteiger partial charge in [0, 0.05) is 18.5 Å². The van der Waals surface area contributed by atoms with Crippen LogP contribution in [0.5, 0.6) is 0 Å². The minimum absolute atomic E-state index is 0.120. The van der Waals surface area contributed by atoms with E-state index in [2.05, 4.69) is 20.0 Å². The van der Waals surface area contributed by atoms with E-state index >= 15 is 0 Å². The van der Waals surface area contributed by atoms with Gasteiger partial charge in [0.1, 0.15) is 0 Å². The first-order valence-corrected chi connectivity index (χ1v) is 8.11. The summed E-state index contributed by atoms with van der Waals surface area (Å²) in [6.45, 7) is 4.40. The number of fused-ring (bicyclic) bond motifs is 1. The summed E-state index contributed by atoms with van der Waals surface area (Å²) < 4.78 is 4.58. The largest absolute Gasteiger partial charge is 0.469 e. The summed E-state index contributed by atoms with van der Waals surface area (Å²) in [6.07, 6.45) is 2.89. The average molecular weight is 329 g/mol. The highest BCUT2D eigenvalue weighted by Gasteiger charge is 2.08. The number of amides is 1. The van der Waals surface area contributed by atoms with E-state index < -0.39 is 0 Å². The monoisotopic (exact) mass is 329 g/mol. The van der Waals surface area contributed by atoms with Gasteiger partial charge in [0.2, 0.25) is 0 Å². The first kappa shape index (κ1) is 17.8. The zero-order valence-electron chi connectivity index (χ0n) is 14.4. The number of rotatable bonds is 7. The molecule has 0 atom stereocenters. The van der Waals surface area contributed by atoms with Crippen LogP contribution in [0.15, 0.2) is 18.2 Å². The Morgan fingerprint density at radius 1 is 1.04 bits per heavy atom. The lowest BCUT2D eigenvalue weighted by Gasteiger charge is -2.07. The van der Waals surface area contributed by atoms with Crippen molar-refractivity contribution in [2.45, 2.75) is 39.5 Å². The van der Waals surface area contributed by atoms with Crippen LogP contribution in [0.2, 0.25) is 0 Å². The molecule has 0 bridgehead atoms. The van der Waals surface area contributed by atoms with Crippen LogP contribution in [0, 0.1) is 13.8 Å². The molecular formula is C18H23N3O3. The Hall–Kier alpha value is -2.50. The van der Waals surface area contributed by atoms with Gasteiger partial charge in [-0.2, -0.15) is 0 Å². The highest BCUT2D eigenvalue weighted by molar-refractivity contribution is 5.97. The molecular weight excluding hydrogens is 306 g/mol. The van der Waals surface area contributed by atoms with Gasteiger partial charge < -0.3 is 10.1 Å². The number of benzene rings is 1. The summed E-state index contributed by atoms with van der Waals surface area (Å²) in [5.74, 6) is -0.313. The molecule has 1 N–H and O–H groups in total. The molecule has 0 radical (unpaired) electrons. The lowest BCUT2D eigenvalue weighted by atomic mass is 10.1. The van der Waals surface area contributed by atoms with Crippen LogP contribution in [0.4, 0.5) is 0 Å². The number of ether oxygens (including phenoxy) is 1. The molecule has 0 spiro atoms. The lowest BCUT2D eigenvalue weighted by Crippen LogP contribution is -2.24. The summed E-state index contributed by atoms with van der Waals surface area (Å²) in [5, 5.41) is 2.89. The van der Waals surface area contributed by atoms with E-state index in [0.717, 1.165) is 41.7 Å². The van der Waals surface area contributed by atoms with Gasteiger partial charge in [-0.3, -0.25) is 9.59 Å². The summed E-state index contributed by atoms with van der Waals surface area (Å²) in [7, 11) is 1.39. The number of carbonyl (C=O) groups excluding carboxylic acids is 2. The minimum Gasteiger partial charge on any atom is -0.469 e. The predicted molar refractivity (Wildman–Crippen MR) is 91.8 cm³/mol. The number of methoxy groups -OCH3 is 1. The van der Waals surface area contributed by atoms with Gasteiger partial charge in [-0.1, -0.05) is 6.42 Å². The molecule has 0 saturated heterocycles. The fraction of sp³-hybridized carbons (Fsp3) is 0.444. The standard InChI is InChI=1S/C18H23N3O3/c1-12-13(2)21-16-11-14(8-9-15(16)20-12)18(23)19-10-6-4-5-7-17(22)24-3/h8-9,11H,4-7,10H2,1-3H3,(H,19,23). The SMILES string of the molecule is COC(=O)CCCCCNC(=O)c1ccc2nc(C)c(C)nc2c1. The number of aryl methyl sites for hydroxylation is 2. The van der Waals surface area contributed by atoms with Crippen molar-refractivity contribution in [3.63, 3.8) is 0 Å². The van der Waals surface area contributed by atoms with Gasteiger partial charge >= 0.3 is 5.97 Å². The van der Waals surface area contributed by atoms with E-state index in [4.69, 9.17) is 0 Å². The number of hydrogen-bond donors (Lipinski definition) is 1. The van der Waals surface area contributed by atoms with Crippen molar-refractivity contribution in [3.05, 3.63) is 35.2 Å². The zero-order valence-corrected chi connectivity index (χ0v) is 14.4. The molecule has 6 heteroatoms. The van der Waals surface area contributed by atoms with Crippen molar-refractivity contribution in [2.75, 3.05) is 13.7 Å². The van der Waals surface area contributed by atoms with Crippen LogP contribution in [0.1, 0.15) is 47.4 Å². The van der Waals surface area contributed by atoms with Crippen LogP contribution < -0.4 is 5.32 Å². The van der Waals surface area contributed by atoms with Crippen molar-refractivity contribution in [1.29, 1.82) is 0 Å². The van der Waals surface area contributed by atoms with Crippen LogP contribution in [-0.2, 0) is 9.53 Å². The molecule has 1 aromatic carbocycles. The van der Waals surface area contributed by atoms with Gasteiger partial charge in [-0.25, -0.2) is 9.97 Å². The molecule has 24 heavy (non-hydrogen) atoms. The molecule has 0 fully saturated rings. The highest BCUT2D eigenvalue weighted by Crippen LogP contribution is 2.14. The molecule has 0 aliphatic rings. The van der Waals surface area contributed by atoms with Crippen molar-refractivity contribution in [1.82, 2.24) is 15.3 Å². The Labute approximate surface area is 141 Å². The van der Waals surface area contributed by atoms with Gasteiger partial charge in [0.25, 0.3) is 5.91 Å². The van der Waals surface area contributed by atoms with E-state index in [1.54, 1.807) is 12.1 Å². The first-order chi connectivity index (χ1) is 11.5. The Balaban J connectivity index is 1.85. The van der Waals surface area contributed by atoms with E-state index in [9.17, 15) is 9.59 Å². The number of aromatic nitrogens is 2. The van der Waals surface area contributed by atoms with Gasteiger partial charge in [-0.05, 0) is 44.9 Å². The fourth-order valence-corrected chi connectivity index (χ4v) is 2.35. The molecule has 0 aliphatic carbocycles. The molecule has 128 valence electrons. The second-order valence-corrected chi connectivity index (χ2v) is 5.74. The Morgan fingerprint density at radius 2 is 1.75 bits per heavy atom. The quantitative estimate of drug-likeness (QED) is 0.624. The summed E-state index contributed by atoms with van der Waals surface area (Å²) in [6, 6.07) is 5.35. The fourth-order valence-electron chi connectivity index (χ4n) is 2.35. The van der Waals surface area contributed by atoms with Crippen molar-refractivity contribution in [2.24, 2.45) is 0 Å². The summed E-state index contributed by atoms with van der Waals surface area (Å²) in [4.78, 5) is 32.1. The molecule has 0 saturated carbocycles. The third kappa shape index (κ3) is 4.75. The van der Waals surface area contributed by atoms with Crippen LogP contribution in [0.3, 0.4) is 0 Å². The maximum atomic E-state index is 12.2. The summed E-state index contributed by atoms with van der Waals surface area (Å²) in [5.41, 5.74) is 3.85. The van der Waals surface area contributed by atoms with Crippen LogP contribution >= 0.6 is 0 Å². The number of unbranched alkanes of at least 4 members (excludes halogenated alkanes) is 2. The Morgan fingerprint density at radius 3 is 2.46 bits per heavy atom. The number of esters is 1. The smallest absolute Gasteiger partial charge is 0.305 e. The number of hydrogen-bond acceptors (Lipinski definition) is 5. The molecule has 6 nitrogen and oxygen atoms in total. The molecule has 1 aromatic heterocycles. The average Bonchev–Trinajstić information content (AvgIpc) is 2.58. The second kappa shape index (κ2) is 8.38. The normalized spacial score (nSPS) is 10.6. The maximum Gasteiger partial charge on any atom is 0.305 e. The van der Waals surface area contributed by atoms with Gasteiger partial charge in [-0.15, -0.1) is 0 Å². The third-order valence-corrected chi connectivity index (χ3v) is 3.91. The maximum absolute atomic E-state index is 12.2. The Bertz CT molecular complexity index is 744. The van der Waals surface area contributed by atoms with E-state index in [1.807, 2.05) is 19.9 Å². The molecule has 0 aliphatic heterocycles. The number of nitrogens with zero attached hydrogens (tertiary/aromatic N) is 2. The van der Waals surface area contributed by atoms with Crippen molar-refractivity contribution >= 4 is 22.9 Å².